The average molecular weight is 331 g/mol. The number of aliphatic hydroxyl groups is 1. The third-order valence-electron chi connectivity index (χ3n) is 5.74. The average Bonchev–Trinajstić information content (AvgIpc) is 2.87. The zero-order chi connectivity index (χ0) is 17.9. The van der Waals surface area contributed by atoms with Gasteiger partial charge in [-0.3, -0.25) is 4.79 Å². The smallest absolute Gasteiger partial charge is 0.399 e. The van der Waals surface area contributed by atoms with Crippen molar-refractivity contribution >= 4 is 18.5 Å². The van der Waals surface area contributed by atoms with Crippen LogP contribution in [0.3, 0.4) is 0 Å². The van der Waals surface area contributed by atoms with E-state index in [0.29, 0.717) is 18.5 Å². The van der Waals surface area contributed by atoms with Crippen LogP contribution in [0.15, 0.2) is 18.2 Å². The highest BCUT2D eigenvalue weighted by molar-refractivity contribution is 6.62. The fraction of sp³-hybridized carbons (Fsp3) is 0.611. The highest BCUT2D eigenvalue weighted by Crippen LogP contribution is 2.38. The molecule has 0 bridgehead atoms. The summed E-state index contributed by atoms with van der Waals surface area (Å²) in [4.78, 5) is 14.0. The van der Waals surface area contributed by atoms with E-state index in [1.54, 1.807) is 11.9 Å². The molecule has 6 heteroatoms. The van der Waals surface area contributed by atoms with Gasteiger partial charge in [0.15, 0.2) is 5.60 Å². The first-order valence-electron chi connectivity index (χ1n) is 8.42. The normalized spacial score (nSPS) is 28.7. The van der Waals surface area contributed by atoms with Crippen LogP contribution in [0.5, 0.6) is 0 Å². The van der Waals surface area contributed by atoms with Crippen molar-refractivity contribution in [2.75, 3.05) is 13.6 Å². The summed E-state index contributed by atoms with van der Waals surface area (Å²) in [6.45, 7) is 10.5. The topological polar surface area (TPSA) is 59.0 Å². The quantitative estimate of drug-likeness (QED) is 0.831. The van der Waals surface area contributed by atoms with Crippen LogP contribution in [0.1, 0.15) is 45.2 Å². The van der Waals surface area contributed by atoms with Gasteiger partial charge in [-0.2, -0.15) is 0 Å². The maximum Gasteiger partial charge on any atom is 0.494 e. The number of hydrogen-bond acceptors (Lipinski definition) is 4. The monoisotopic (exact) mass is 331 g/mol. The summed E-state index contributed by atoms with van der Waals surface area (Å²) in [5.74, 6) is -0.253. The molecule has 2 fully saturated rings. The van der Waals surface area contributed by atoms with Gasteiger partial charge < -0.3 is 19.3 Å². The Bertz CT molecular complexity index is 672. The van der Waals surface area contributed by atoms with Crippen LogP contribution in [-0.2, 0) is 19.7 Å². The number of carbonyl (C=O) groups is 1. The first-order valence-corrected chi connectivity index (χ1v) is 8.42. The van der Waals surface area contributed by atoms with Crippen molar-refractivity contribution in [2.24, 2.45) is 0 Å². The Balaban J connectivity index is 1.98. The number of benzene rings is 1. The molecule has 2 saturated heterocycles. The van der Waals surface area contributed by atoms with E-state index in [1.807, 2.05) is 52.8 Å². The lowest BCUT2D eigenvalue weighted by atomic mass is 9.75. The van der Waals surface area contributed by atoms with Gasteiger partial charge in [0, 0.05) is 20.0 Å². The van der Waals surface area contributed by atoms with Crippen molar-refractivity contribution < 1.29 is 19.2 Å². The summed E-state index contributed by atoms with van der Waals surface area (Å²) in [5.41, 5.74) is 0.0420. The molecule has 0 radical (unpaired) electrons. The molecule has 2 aliphatic rings. The molecule has 3 rings (SSSR count). The molecule has 24 heavy (non-hydrogen) atoms. The molecule has 2 aliphatic heterocycles. The Morgan fingerprint density at radius 3 is 2.25 bits per heavy atom. The molecule has 1 amide bonds. The third kappa shape index (κ3) is 2.48. The minimum absolute atomic E-state index is 0.253. The van der Waals surface area contributed by atoms with Gasteiger partial charge in [-0.1, -0.05) is 18.2 Å². The van der Waals surface area contributed by atoms with E-state index in [9.17, 15) is 9.90 Å². The molecule has 1 aromatic rings. The highest BCUT2D eigenvalue weighted by Gasteiger charge is 2.52. The van der Waals surface area contributed by atoms with Crippen LogP contribution in [0.4, 0.5) is 0 Å². The number of likely N-dealkylation sites (tertiary alicyclic amines) is 1. The maximum atomic E-state index is 12.4. The molecular weight excluding hydrogens is 305 g/mol. The van der Waals surface area contributed by atoms with Crippen LogP contribution >= 0.6 is 0 Å². The number of rotatable bonds is 2. The van der Waals surface area contributed by atoms with Gasteiger partial charge in [-0.05, 0) is 51.2 Å². The van der Waals surface area contributed by atoms with Crippen molar-refractivity contribution in [3.05, 3.63) is 29.3 Å². The first-order chi connectivity index (χ1) is 11.0. The molecule has 2 heterocycles. The standard InChI is InChI=1S/C18H26BNO4/c1-12-7-8-13(19-23-16(2,3)17(4,5)24-19)11-14(12)18(22)9-10-20(6)15(18)21/h7-8,11,22H,9-10H2,1-6H3/t18-/m1/s1. The Kier molecular flexibility index (Phi) is 3.87. The van der Waals surface area contributed by atoms with E-state index in [-0.39, 0.29) is 5.91 Å². The second kappa shape index (κ2) is 5.31. The van der Waals surface area contributed by atoms with Crippen molar-refractivity contribution in [3.8, 4) is 0 Å². The van der Waals surface area contributed by atoms with Crippen LogP contribution in [0.25, 0.3) is 0 Å². The predicted molar refractivity (Wildman–Crippen MR) is 93.0 cm³/mol. The number of likely N-dealkylation sites (N-methyl/N-ethyl adjacent to an activating group) is 1. The van der Waals surface area contributed by atoms with Crippen molar-refractivity contribution in [1.29, 1.82) is 0 Å². The van der Waals surface area contributed by atoms with Crippen molar-refractivity contribution in [2.45, 2.75) is 57.8 Å². The summed E-state index contributed by atoms with van der Waals surface area (Å²) in [6.07, 6.45) is 0.399. The van der Waals surface area contributed by atoms with Crippen molar-refractivity contribution in [1.82, 2.24) is 4.90 Å². The minimum Gasteiger partial charge on any atom is -0.399 e. The van der Waals surface area contributed by atoms with Gasteiger partial charge in [0.05, 0.1) is 11.2 Å². The summed E-state index contributed by atoms with van der Waals surface area (Å²) >= 11 is 0. The van der Waals surface area contributed by atoms with Gasteiger partial charge in [-0.25, -0.2) is 0 Å². The Morgan fingerprint density at radius 2 is 1.75 bits per heavy atom. The molecule has 1 aromatic carbocycles. The van der Waals surface area contributed by atoms with E-state index in [1.165, 1.54) is 0 Å². The largest absolute Gasteiger partial charge is 0.494 e. The number of carbonyl (C=O) groups excluding carboxylic acids is 1. The lowest BCUT2D eigenvalue weighted by molar-refractivity contribution is -0.143. The molecule has 0 aromatic heterocycles. The molecule has 1 atom stereocenters. The lowest BCUT2D eigenvalue weighted by Crippen LogP contribution is -2.41. The SMILES string of the molecule is Cc1ccc(B2OC(C)(C)C(C)(C)O2)cc1[C@]1(O)CCN(C)C1=O. The van der Waals surface area contributed by atoms with Gasteiger partial charge in [0.2, 0.25) is 0 Å². The van der Waals surface area contributed by atoms with Gasteiger partial charge >= 0.3 is 7.12 Å². The molecule has 1 N–H and O–H groups in total. The fourth-order valence-corrected chi connectivity index (χ4v) is 3.31. The molecule has 130 valence electrons. The van der Waals surface area contributed by atoms with E-state index < -0.39 is 23.9 Å². The molecule has 5 nitrogen and oxygen atoms in total. The third-order valence-corrected chi connectivity index (χ3v) is 5.74. The fourth-order valence-electron chi connectivity index (χ4n) is 3.31. The zero-order valence-corrected chi connectivity index (χ0v) is 15.3. The maximum absolute atomic E-state index is 12.4. The van der Waals surface area contributed by atoms with E-state index in [2.05, 4.69) is 0 Å². The van der Waals surface area contributed by atoms with Crippen LogP contribution in [0.2, 0.25) is 0 Å². The summed E-state index contributed by atoms with van der Waals surface area (Å²) < 4.78 is 12.2. The van der Waals surface area contributed by atoms with Crippen LogP contribution in [0, 0.1) is 6.92 Å². The number of amides is 1. The first kappa shape index (κ1) is 17.5. The lowest BCUT2D eigenvalue weighted by Gasteiger charge is -2.32. The van der Waals surface area contributed by atoms with Gasteiger partial charge in [-0.15, -0.1) is 0 Å². The second-order valence-electron chi connectivity index (χ2n) is 8.00. The molecule has 0 aliphatic carbocycles. The number of hydrogen-bond donors (Lipinski definition) is 1. The van der Waals surface area contributed by atoms with Crippen LogP contribution < -0.4 is 5.46 Å². The van der Waals surface area contributed by atoms with E-state index in [4.69, 9.17) is 9.31 Å². The van der Waals surface area contributed by atoms with Gasteiger partial charge in [0.1, 0.15) is 0 Å². The number of nitrogens with zero attached hydrogens (tertiary/aromatic N) is 1. The highest BCUT2D eigenvalue weighted by atomic mass is 16.7. The Labute approximate surface area is 144 Å². The predicted octanol–water partition coefficient (Wildman–Crippen LogP) is 1.34. The Hall–Kier alpha value is -1.37. The summed E-state index contributed by atoms with van der Waals surface area (Å²) in [5, 5.41) is 11.0. The molecule has 0 saturated carbocycles. The molecule has 0 spiro atoms. The second-order valence-corrected chi connectivity index (χ2v) is 8.00. The Morgan fingerprint density at radius 1 is 1.17 bits per heavy atom. The molecular formula is C18H26BNO4. The summed E-state index contributed by atoms with van der Waals surface area (Å²) in [7, 11) is 1.21. The minimum atomic E-state index is -1.46. The molecule has 0 unspecified atom stereocenters. The van der Waals surface area contributed by atoms with Crippen LogP contribution in [-0.4, -0.2) is 47.8 Å². The number of aryl methyl sites for hydroxylation is 1. The van der Waals surface area contributed by atoms with E-state index >= 15 is 0 Å². The van der Waals surface area contributed by atoms with Gasteiger partial charge in [0.25, 0.3) is 5.91 Å². The summed E-state index contributed by atoms with van der Waals surface area (Å²) in [6, 6.07) is 5.71. The zero-order valence-electron chi connectivity index (χ0n) is 15.3. The van der Waals surface area contributed by atoms with E-state index in [0.717, 1.165) is 11.0 Å². The van der Waals surface area contributed by atoms with Crippen molar-refractivity contribution in [3.63, 3.8) is 0 Å².